The maximum atomic E-state index is 12.3. The molecule has 1 atom stereocenters. The van der Waals surface area contributed by atoms with Gasteiger partial charge >= 0.3 is 5.97 Å². The van der Waals surface area contributed by atoms with Crippen LogP contribution in [-0.2, 0) is 9.59 Å². The molecule has 2 aliphatic rings. The number of amides is 1. The van der Waals surface area contributed by atoms with E-state index in [0.717, 1.165) is 19.6 Å². The highest BCUT2D eigenvalue weighted by atomic mass is 16.4. The van der Waals surface area contributed by atoms with Crippen LogP contribution in [0.2, 0.25) is 0 Å². The molecule has 0 spiro atoms. The van der Waals surface area contributed by atoms with E-state index in [1.807, 2.05) is 4.90 Å². The van der Waals surface area contributed by atoms with Crippen LogP contribution in [0, 0.1) is 5.92 Å². The summed E-state index contributed by atoms with van der Waals surface area (Å²) in [5, 5.41) is 8.97. The highest BCUT2D eigenvalue weighted by Crippen LogP contribution is 2.18. The Labute approximate surface area is 120 Å². The fraction of sp³-hybridized carbons (Fsp3) is 0.857. The van der Waals surface area contributed by atoms with Crippen molar-refractivity contribution in [2.24, 2.45) is 5.92 Å². The smallest absolute Gasteiger partial charge is 0.306 e. The van der Waals surface area contributed by atoms with Gasteiger partial charge < -0.3 is 14.9 Å². The van der Waals surface area contributed by atoms with E-state index in [1.54, 1.807) is 0 Å². The minimum atomic E-state index is -0.732. The Bertz CT molecular complexity index is 367. The maximum absolute atomic E-state index is 12.3. The van der Waals surface area contributed by atoms with Crippen molar-refractivity contribution >= 4 is 11.9 Å². The summed E-state index contributed by atoms with van der Waals surface area (Å²) in [5.41, 5.74) is 0. The lowest BCUT2D eigenvalue weighted by Gasteiger charge is -2.39. The average Bonchev–Trinajstić information content (AvgIpc) is 2.42. The zero-order valence-corrected chi connectivity index (χ0v) is 12.4. The molecule has 2 rings (SSSR count). The molecule has 2 saturated heterocycles. The molecule has 1 N–H and O–H groups in total. The van der Waals surface area contributed by atoms with Crippen molar-refractivity contribution < 1.29 is 14.7 Å². The van der Waals surface area contributed by atoms with Gasteiger partial charge in [0.05, 0.1) is 12.5 Å². The van der Waals surface area contributed by atoms with E-state index in [1.165, 1.54) is 0 Å². The predicted octanol–water partition coefficient (Wildman–Crippen LogP) is -0.0545. The minimum absolute atomic E-state index is 0.144. The number of hydrogen-bond acceptors (Lipinski definition) is 4. The monoisotopic (exact) mass is 283 g/mol. The first-order valence-corrected chi connectivity index (χ1v) is 7.40. The number of piperazine rings is 1. The number of hydrogen-bond donors (Lipinski definition) is 1. The van der Waals surface area contributed by atoms with Crippen LogP contribution in [0.25, 0.3) is 0 Å². The lowest BCUT2D eigenvalue weighted by Crippen LogP contribution is -2.54. The van der Waals surface area contributed by atoms with E-state index in [2.05, 4.69) is 23.8 Å². The van der Waals surface area contributed by atoms with Crippen LogP contribution in [0.3, 0.4) is 0 Å². The molecular formula is C14H25N3O3. The molecule has 6 nitrogen and oxygen atoms in total. The number of carbonyl (C=O) groups excluding carboxylic acids is 1. The molecule has 2 heterocycles. The number of likely N-dealkylation sites (tertiary alicyclic amines) is 1. The van der Waals surface area contributed by atoms with Crippen molar-refractivity contribution in [2.75, 3.05) is 46.3 Å². The van der Waals surface area contributed by atoms with Gasteiger partial charge in [0.1, 0.15) is 0 Å². The lowest BCUT2D eigenvalue weighted by atomic mass is 9.97. The summed E-state index contributed by atoms with van der Waals surface area (Å²) in [7, 11) is 2.10. The Kier molecular flexibility index (Phi) is 4.99. The average molecular weight is 283 g/mol. The normalized spacial score (nSPS) is 26.7. The number of piperidine rings is 1. The third-order valence-electron chi connectivity index (χ3n) is 4.50. The van der Waals surface area contributed by atoms with Crippen molar-refractivity contribution in [3.05, 3.63) is 0 Å². The van der Waals surface area contributed by atoms with Gasteiger partial charge in [-0.3, -0.25) is 14.5 Å². The number of aliphatic carboxylic acids is 1. The second-order valence-electron chi connectivity index (χ2n) is 6.08. The highest BCUT2D eigenvalue weighted by molar-refractivity contribution is 5.79. The van der Waals surface area contributed by atoms with Crippen LogP contribution in [-0.4, -0.2) is 84.0 Å². The van der Waals surface area contributed by atoms with Crippen molar-refractivity contribution in [1.82, 2.24) is 14.7 Å². The number of rotatable bonds is 3. The van der Waals surface area contributed by atoms with E-state index < -0.39 is 5.97 Å². The molecule has 0 aromatic heterocycles. The van der Waals surface area contributed by atoms with E-state index in [4.69, 9.17) is 5.11 Å². The Hall–Kier alpha value is -1.14. The van der Waals surface area contributed by atoms with Crippen LogP contribution in [0.15, 0.2) is 0 Å². The fourth-order valence-corrected chi connectivity index (χ4v) is 3.06. The van der Waals surface area contributed by atoms with Crippen LogP contribution >= 0.6 is 0 Å². The van der Waals surface area contributed by atoms with E-state index in [0.29, 0.717) is 38.5 Å². The topological polar surface area (TPSA) is 64.1 Å². The number of likely N-dealkylation sites (N-methyl/N-ethyl adjacent to an activating group) is 1. The summed E-state index contributed by atoms with van der Waals surface area (Å²) >= 11 is 0. The fourth-order valence-electron chi connectivity index (χ4n) is 3.06. The molecular weight excluding hydrogens is 258 g/mol. The zero-order valence-electron chi connectivity index (χ0n) is 12.4. The molecule has 6 heteroatoms. The first-order chi connectivity index (χ1) is 9.47. The summed E-state index contributed by atoms with van der Waals surface area (Å²) in [6.07, 6.45) is 1.17. The van der Waals surface area contributed by atoms with Gasteiger partial charge in [-0.25, -0.2) is 0 Å². The number of nitrogens with zero attached hydrogens (tertiary/aromatic N) is 3. The largest absolute Gasteiger partial charge is 0.481 e. The van der Waals surface area contributed by atoms with Gasteiger partial charge in [-0.1, -0.05) is 0 Å². The molecule has 0 bridgehead atoms. The molecule has 2 aliphatic heterocycles. The van der Waals surface area contributed by atoms with Gasteiger partial charge in [-0.05, 0) is 26.8 Å². The van der Waals surface area contributed by atoms with E-state index >= 15 is 0 Å². The van der Waals surface area contributed by atoms with Crippen molar-refractivity contribution in [3.8, 4) is 0 Å². The van der Waals surface area contributed by atoms with Crippen LogP contribution in [0.1, 0.15) is 19.8 Å². The van der Waals surface area contributed by atoms with Gasteiger partial charge in [-0.2, -0.15) is 0 Å². The molecule has 2 fully saturated rings. The molecule has 0 saturated carbocycles. The van der Waals surface area contributed by atoms with Gasteiger partial charge in [0, 0.05) is 38.8 Å². The SMILES string of the molecule is CC1CN(C)CCN1CC(=O)N1CCC(C(=O)O)CC1. The number of carbonyl (C=O) groups is 2. The summed E-state index contributed by atoms with van der Waals surface area (Å²) in [5.74, 6) is -0.864. The summed E-state index contributed by atoms with van der Waals surface area (Å²) in [6.45, 7) is 6.70. The molecule has 0 aromatic carbocycles. The molecule has 1 amide bonds. The minimum Gasteiger partial charge on any atom is -0.481 e. The standard InChI is InChI=1S/C14H25N3O3/c1-11-9-15(2)7-8-17(11)10-13(18)16-5-3-12(4-6-16)14(19)20/h11-12H,3-10H2,1-2H3,(H,19,20). The first-order valence-electron chi connectivity index (χ1n) is 7.40. The number of carboxylic acid groups (broad SMARTS) is 1. The molecule has 1 unspecified atom stereocenters. The Morgan fingerprint density at radius 2 is 1.80 bits per heavy atom. The van der Waals surface area contributed by atoms with Gasteiger partial charge in [-0.15, -0.1) is 0 Å². The van der Waals surface area contributed by atoms with Crippen molar-refractivity contribution in [3.63, 3.8) is 0 Å². The number of carboxylic acids is 1. The van der Waals surface area contributed by atoms with E-state index in [9.17, 15) is 9.59 Å². The van der Waals surface area contributed by atoms with Crippen LogP contribution in [0.5, 0.6) is 0 Å². The molecule has 0 aromatic rings. The van der Waals surface area contributed by atoms with Crippen LogP contribution in [0.4, 0.5) is 0 Å². The molecule has 20 heavy (non-hydrogen) atoms. The first kappa shape index (κ1) is 15.3. The Morgan fingerprint density at radius 3 is 2.35 bits per heavy atom. The maximum Gasteiger partial charge on any atom is 0.306 e. The van der Waals surface area contributed by atoms with Gasteiger partial charge in [0.2, 0.25) is 5.91 Å². The quantitative estimate of drug-likeness (QED) is 0.786. The summed E-state index contributed by atoms with van der Waals surface area (Å²) < 4.78 is 0. The third kappa shape index (κ3) is 3.70. The molecule has 0 radical (unpaired) electrons. The highest BCUT2D eigenvalue weighted by Gasteiger charge is 2.29. The molecule has 0 aliphatic carbocycles. The van der Waals surface area contributed by atoms with Gasteiger partial charge in [0.25, 0.3) is 0 Å². The second-order valence-corrected chi connectivity index (χ2v) is 6.08. The second kappa shape index (κ2) is 6.54. The summed E-state index contributed by atoms with van der Waals surface area (Å²) in [4.78, 5) is 29.5. The third-order valence-corrected chi connectivity index (χ3v) is 4.50. The molecule has 114 valence electrons. The van der Waals surface area contributed by atoms with Crippen molar-refractivity contribution in [1.29, 1.82) is 0 Å². The van der Waals surface area contributed by atoms with Crippen LogP contribution < -0.4 is 0 Å². The Morgan fingerprint density at radius 1 is 1.15 bits per heavy atom. The zero-order chi connectivity index (χ0) is 14.7. The predicted molar refractivity (Wildman–Crippen MR) is 75.5 cm³/mol. The van der Waals surface area contributed by atoms with Crippen molar-refractivity contribution in [2.45, 2.75) is 25.8 Å². The Balaban J connectivity index is 1.79. The van der Waals surface area contributed by atoms with Gasteiger partial charge in [0.15, 0.2) is 0 Å². The summed E-state index contributed by atoms with van der Waals surface area (Å²) in [6, 6.07) is 0.397. The lowest BCUT2D eigenvalue weighted by molar-refractivity contribution is -0.146. The van der Waals surface area contributed by atoms with E-state index in [-0.39, 0.29) is 11.8 Å².